The van der Waals surface area contributed by atoms with Gasteiger partial charge < -0.3 is 21.3 Å². The molecule has 0 saturated carbocycles. The molecule has 0 saturated heterocycles. The van der Waals surface area contributed by atoms with Crippen LogP contribution in [0.2, 0.25) is 0 Å². The quantitative estimate of drug-likeness (QED) is 0.0819. The van der Waals surface area contributed by atoms with Crippen molar-refractivity contribution in [3.63, 3.8) is 0 Å². The van der Waals surface area contributed by atoms with Crippen molar-refractivity contribution >= 4 is 0 Å². The highest BCUT2D eigenvalue weighted by atomic mass is 15.1. The van der Waals surface area contributed by atoms with Gasteiger partial charge in [0.2, 0.25) is 0 Å². The second-order valence-corrected chi connectivity index (χ2v) is 12.0. The van der Waals surface area contributed by atoms with Crippen LogP contribution < -0.4 is 11.5 Å². The van der Waals surface area contributed by atoms with Gasteiger partial charge in [-0.15, -0.1) is 0 Å². The molecular formula is C34H74N4. The molecule has 0 aromatic heterocycles. The van der Waals surface area contributed by atoms with Crippen molar-refractivity contribution in [1.29, 1.82) is 0 Å². The summed E-state index contributed by atoms with van der Waals surface area (Å²) in [6, 6.07) is 0. The van der Waals surface area contributed by atoms with E-state index in [2.05, 4.69) is 23.6 Å². The Balaban J connectivity index is 3.94. The van der Waals surface area contributed by atoms with E-state index in [4.69, 9.17) is 11.5 Å². The first kappa shape index (κ1) is 37.8. The van der Waals surface area contributed by atoms with Gasteiger partial charge in [-0.1, -0.05) is 129 Å². The molecule has 38 heavy (non-hydrogen) atoms. The fourth-order valence-electron chi connectivity index (χ4n) is 5.62. The van der Waals surface area contributed by atoms with Crippen molar-refractivity contribution in [2.45, 2.75) is 168 Å². The SMILES string of the molecule is CCCCCCCCCCCCN(CCCN)CCCCN(CCCN)CCCCCCCCCCCC. The van der Waals surface area contributed by atoms with Crippen molar-refractivity contribution < 1.29 is 0 Å². The summed E-state index contributed by atoms with van der Waals surface area (Å²) < 4.78 is 0. The third-order valence-electron chi connectivity index (χ3n) is 8.21. The smallest absolute Gasteiger partial charge is 0.000672 e. The Hall–Kier alpha value is -0.160. The summed E-state index contributed by atoms with van der Waals surface area (Å²) in [7, 11) is 0. The van der Waals surface area contributed by atoms with E-state index >= 15 is 0 Å². The van der Waals surface area contributed by atoms with E-state index in [1.807, 2.05) is 0 Å². The molecule has 0 aliphatic heterocycles. The van der Waals surface area contributed by atoms with Crippen LogP contribution in [-0.2, 0) is 0 Å². The van der Waals surface area contributed by atoms with Crippen LogP contribution in [0, 0.1) is 0 Å². The van der Waals surface area contributed by atoms with Gasteiger partial charge in [0.05, 0.1) is 0 Å². The number of rotatable bonds is 33. The number of nitrogens with two attached hydrogens (primary N) is 2. The highest BCUT2D eigenvalue weighted by molar-refractivity contribution is 4.64. The highest BCUT2D eigenvalue weighted by Crippen LogP contribution is 2.13. The zero-order valence-corrected chi connectivity index (χ0v) is 26.7. The molecule has 230 valence electrons. The topological polar surface area (TPSA) is 58.5 Å². The average molecular weight is 539 g/mol. The van der Waals surface area contributed by atoms with Crippen LogP contribution in [0.5, 0.6) is 0 Å². The van der Waals surface area contributed by atoms with Gasteiger partial charge in [0.1, 0.15) is 0 Å². The van der Waals surface area contributed by atoms with E-state index in [9.17, 15) is 0 Å². The molecule has 4 nitrogen and oxygen atoms in total. The van der Waals surface area contributed by atoms with Gasteiger partial charge in [-0.3, -0.25) is 0 Å². The molecule has 0 radical (unpaired) electrons. The second-order valence-electron chi connectivity index (χ2n) is 12.0. The van der Waals surface area contributed by atoms with Gasteiger partial charge in [0.25, 0.3) is 0 Å². The number of unbranched alkanes of at least 4 members (excludes halogenated alkanes) is 19. The standard InChI is InChI=1S/C34H74N4/c1-3-5-7-9-11-13-15-17-19-21-29-37(33-25-27-35)31-23-24-32-38(34-26-28-36)30-22-20-18-16-14-12-10-8-6-4-2/h3-36H2,1-2H3. The third-order valence-corrected chi connectivity index (χ3v) is 8.21. The van der Waals surface area contributed by atoms with E-state index in [0.717, 1.165) is 25.9 Å². The van der Waals surface area contributed by atoms with E-state index in [-0.39, 0.29) is 0 Å². The van der Waals surface area contributed by atoms with Crippen molar-refractivity contribution in [2.24, 2.45) is 11.5 Å². The Morgan fingerprint density at radius 3 is 0.763 bits per heavy atom. The lowest BCUT2D eigenvalue weighted by Gasteiger charge is -2.24. The molecular weight excluding hydrogens is 464 g/mol. The maximum Gasteiger partial charge on any atom is -0.000672 e. The van der Waals surface area contributed by atoms with Gasteiger partial charge in [0, 0.05) is 0 Å². The molecule has 0 aliphatic rings. The van der Waals surface area contributed by atoms with Crippen LogP contribution in [0.4, 0.5) is 0 Å². The normalized spacial score (nSPS) is 11.8. The Kier molecular flexibility index (Phi) is 32.9. The monoisotopic (exact) mass is 539 g/mol. The molecule has 0 unspecified atom stereocenters. The van der Waals surface area contributed by atoms with Crippen molar-refractivity contribution in [3.05, 3.63) is 0 Å². The molecule has 0 rings (SSSR count). The first-order chi connectivity index (χ1) is 18.8. The first-order valence-electron chi connectivity index (χ1n) is 17.6. The number of nitrogens with zero attached hydrogens (tertiary/aromatic N) is 2. The molecule has 4 heteroatoms. The predicted octanol–water partition coefficient (Wildman–Crippen LogP) is 8.91. The Morgan fingerprint density at radius 1 is 0.289 bits per heavy atom. The summed E-state index contributed by atoms with van der Waals surface area (Å²) in [5.74, 6) is 0. The first-order valence-corrected chi connectivity index (χ1v) is 17.6. The van der Waals surface area contributed by atoms with E-state index in [0.29, 0.717) is 0 Å². The molecule has 0 heterocycles. The Morgan fingerprint density at radius 2 is 0.500 bits per heavy atom. The molecule has 0 fully saturated rings. The molecule has 0 aromatic carbocycles. The fourth-order valence-corrected chi connectivity index (χ4v) is 5.62. The molecule has 0 amide bonds. The lowest BCUT2D eigenvalue weighted by atomic mass is 10.1. The minimum absolute atomic E-state index is 0.820. The molecule has 0 aromatic rings. The van der Waals surface area contributed by atoms with Crippen LogP contribution in [0.1, 0.15) is 168 Å². The molecule has 0 bridgehead atoms. The van der Waals surface area contributed by atoms with Crippen molar-refractivity contribution in [3.8, 4) is 0 Å². The number of hydrogen-bond donors (Lipinski definition) is 2. The Bertz CT molecular complexity index is 379. The lowest BCUT2D eigenvalue weighted by Crippen LogP contribution is -2.31. The summed E-state index contributed by atoms with van der Waals surface area (Å²) in [6.07, 6.45) is 33.3. The van der Waals surface area contributed by atoms with Crippen LogP contribution in [-0.4, -0.2) is 62.2 Å². The molecule has 0 atom stereocenters. The van der Waals surface area contributed by atoms with E-state index in [1.165, 1.54) is 181 Å². The highest BCUT2D eigenvalue weighted by Gasteiger charge is 2.07. The second kappa shape index (κ2) is 33.0. The molecule has 0 spiro atoms. The summed E-state index contributed by atoms with van der Waals surface area (Å²) in [5.41, 5.74) is 11.7. The van der Waals surface area contributed by atoms with Crippen LogP contribution in [0.15, 0.2) is 0 Å². The molecule has 4 N–H and O–H groups in total. The Labute approximate surface area is 241 Å². The van der Waals surface area contributed by atoms with E-state index < -0.39 is 0 Å². The van der Waals surface area contributed by atoms with E-state index in [1.54, 1.807) is 0 Å². The zero-order valence-electron chi connectivity index (χ0n) is 26.7. The minimum Gasteiger partial charge on any atom is -0.330 e. The van der Waals surface area contributed by atoms with Gasteiger partial charge in [-0.05, 0) is 90.9 Å². The minimum atomic E-state index is 0.820. The van der Waals surface area contributed by atoms with Gasteiger partial charge in [0.15, 0.2) is 0 Å². The van der Waals surface area contributed by atoms with Crippen LogP contribution in [0.25, 0.3) is 0 Å². The maximum absolute atomic E-state index is 5.84. The van der Waals surface area contributed by atoms with Gasteiger partial charge in [-0.2, -0.15) is 0 Å². The van der Waals surface area contributed by atoms with Crippen LogP contribution >= 0.6 is 0 Å². The lowest BCUT2D eigenvalue weighted by molar-refractivity contribution is 0.233. The average Bonchev–Trinajstić information content (AvgIpc) is 2.93. The summed E-state index contributed by atoms with van der Waals surface area (Å²) >= 11 is 0. The zero-order chi connectivity index (χ0) is 27.8. The molecule has 0 aliphatic carbocycles. The summed E-state index contributed by atoms with van der Waals surface area (Å²) in [5, 5.41) is 0. The van der Waals surface area contributed by atoms with Crippen molar-refractivity contribution in [2.75, 3.05) is 52.4 Å². The van der Waals surface area contributed by atoms with Crippen molar-refractivity contribution in [1.82, 2.24) is 9.80 Å². The summed E-state index contributed by atoms with van der Waals surface area (Å²) in [4.78, 5) is 5.40. The maximum atomic E-state index is 5.84. The third kappa shape index (κ3) is 28.8. The number of hydrogen-bond acceptors (Lipinski definition) is 4. The van der Waals surface area contributed by atoms with Gasteiger partial charge in [-0.25, -0.2) is 0 Å². The van der Waals surface area contributed by atoms with Gasteiger partial charge >= 0.3 is 0 Å². The van der Waals surface area contributed by atoms with Crippen LogP contribution in [0.3, 0.4) is 0 Å². The fraction of sp³-hybridized carbons (Fsp3) is 1.00. The predicted molar refractivity (Wildman–Crippen MR) is 173 cm³/mol. The largest absolute Gasteiger partial charge is 0.330 e. The summed E-state index contributed by atoms with van der Waals surface area (Å²) in [6.45, 7) is 13.6.